The number of hydrogen-bond acceptors (Lipinski definition) is 2. The molecule has 0 aliphatic rings. The first-order chi connectivity index (χ1) is 12.7. The summed E-state index contributed by atoms with van der Waals surface area (Å²) >= 11 is 5.63. The van der Waals surface area contributed by atoms with Gasteiger partial charge in [-0.15, -0.1) is 0 Å². The molecule has 0 bridgehead atoms. The number of halogens is 4. The van der Waals surface area contributed by atoms with Gasteiger partial charge in [-0.3, -0.25) is 9.59 Å². The predicted molar refractivity (Wildman–Crippen MR) is 96.4 cm³/mol. The Labute approximate surface area is 157 Å². The van der Waals surface area contributed by atoms with Gasteiger partial charge >= 0.3 is 0 Å². The summed E-state index contributed by atoms with van der Waals surface area (Å²) in [6.07, 6.45) is 1.35. The van der Waals surface area contributed by atoms with Crippen molar-refractivity contribution in [1.29, 1.82) is 0 Å². The number of carbonyl (C=O) groups excluding carboxylic acids is 1. The van der Waals surface area contributed by atoms with E-state index in [9.17, 15) is 22.8 Å². The second-order valence-electron chi connectivity index (χ2n) is 6.11. The normalized spacial score (nSPS) is 12.2. The van der Waals surface area contributed by atoms with Crippen LogP contribution < -0.4 is 5.56 Å². The predicted octanol–water partition coefficient (Wildman–Crippen LogP) is 4.43. The standard InChI is InChI=1S/C19H14ClF3N2O2/c1-9(25(2)19(27)10-3-4-14(20)15(21)5-10)13-8-24-18(26)12-7-17(23)16(22)6-11(12)13/h3-9H,1-2H3,(H,24,26)/t9-/m0/s1. The van der Waals surface area contributed by atoms with Gasteiger partial charge < -0.3 is 9.88 Å². The highest BCUT2D eigenvalue weighted by molar-refractivity contribution is 6.30. The summed E-state index contributed by atoms with van der Waals surface area (Å²) in [5.41, 5.74) is -0.0837. The van der Waals surface area contributed by atoms with Gasteiger partial charge in [0.05, 0.1) is 16.5 Å². The topological polar surface area (TPSA) is 53.2 Å². The van der Waals surface area contributed by atoms with Crippen molar-refractivity contribution in [3.63, 3.8) is 0 Å². The van der Waals surface area contributed by atoms with Crippen LogP contribution in [0.3, 0.4) is 0 Å². The number of nitrogens with one attached hydrogen (secondary N) is 1. The van der Waals surface area contributed by atoms with Crippen molar-refractivity contribution < 1.29 is 18.0 Å². The minimum absolute atomic E-state index is 0.0309. The Kier molecular flexibility index (Phi) is 4.97. The van der Waals surface area contributed by atoms with Crippen LogP contribution in [0.1, 0.15) is 28.9 Å². The Hall–Kier alpha value is -2.80. The molecule has 0 fully saturated rings. The number of rotatable bonds is 3. The number of benzene rings is 2. The molecule has 0 unspecified atom stereocenters. The third-order valence-electron chi connectivity index (χ3n) is 4.49. The van der Waals surface area contributed by atoms with Crippen molar-refractivity contribution in [3.8, 4) is 0 Å². The molecule has 27 heavy (non-hydrogen) atoms. The Morgan fingerprint density at radius 1 is 1.07 bits per heavy atom. The van der Waals surface area contributed by atoms with Gasteiger partial charge in [-0.2, -0.15) is 0 Å². The van der Waals surface area contributed by atoms with Gasteiger partial charge in [0, 0.05) is 18.8 Å². The number of fused-ring (bicyclic) bond motifs is 1. The van der Waals surface area contributed by atoms with E-state index < -0.39 is 35.0 Å². The second-order valence-corrected chi connectivity index (χ2v) is 6.51. The maximum absolute atomic E-state index is 13.7. The number of H-pyrrole nitrogens is 1. The van der Waals surface area contributed by atoms with Crippen LogP contribution in [0.2, 0.25) is 5.02 Å². The molecule has 0 radical (unpaired) electrons. The third-order valence-corrected chi connectivity index (χ3v) is 4.80. The number of aromatic nitrogens is 1. The van der Waals surface area contributed by atoms with Crippen LogP contribution in [0.5, 0.6) is 0 Å². The Morgan fingerprint density at radius 3 is 2.33 bits per heavy atom. The number of pyridine rings is 1. The van der Waals surface area contributed by atoms with Gasteiger partial charge in [0.25, 0.3) is 11.5 Å². The molecule has 1 amide bonds. The van der Waals surface area contributed by atoms with Gasteiger partial charge in [0.1, 0.15) is 5.82 Å². The molecule has 8 heteroatoms. The molecule has 140 valence electrons. The van der Waals surface area contributed by atoms with Crippen molar-refractivity contribution in [1.82, 2.24) is 9.88 Å². The molecular weight excluding hydrogens is 381 g/mol. The zero-order valence-corrected chi connectivity index (χ0v) is 15.1. The van der Waals surface area contributed by atoms with Crippen LogP contribution in [0, 0.1) is 17.5 Å². The highest BCUT2D eigenvalue weighted by Crippen LogP contribution is 2.28. The fraction of sp³-hybridized carbons (Fsp3) is 0.158. The first-order valence-corrected chi connectivity index (χ1v) is 8.31. The van der Waals surface area contributed by atoms with Gasteiger partial charge in [-0.05, 0) is 48.2 Å². The zero-order chi connectivity index (χ0) is 19.9. The Morgan fingerprint density at radius 2 is 1.70 bits per heavy atom. The fourth-order valence-corrected chi connectivity index (χ4v) is 2.95. The first kappa shape index (κ1) is 19.0. The van der Waals surface area contributed by atoms with Crippen LogP contribution in [0.15, 0.2) is 41.3 Å². The van der Waals surface area contributed by atoms with Gasteiger partial charge in [-0.1, -0.05) is 11.6 Å². The molecule has 0 spiro atoms. The molecular formula is C19H14ClF3N2O2. The van der Waals surface area contributed by atoms with Crippen LogP contribution in [0.4, 0.5) is 13.2 Å². The minimum atomic E-state index is -1.14. The fourth-order valence-electron chi connectivity index (χ4n) is 2.84. The molecule has 4 nitrogen and oxygen atoms in total. The molecule has 3 rings (SSSR count). The smallest absolute Gasteiger partial charge is 0.255 e. The summed E-state index contributed by atoms with van der Waals surface area (Å²) < 4.78 is 40.9. The van der Waals surface area contributed by atoms with Gasteiger partial charge in [-0.25, -0.2) is 13.2 Å². The molecule has 1 aromatic heterocycles. The number of nitrogens with zero attached hydrogens (tertiary/aromatic N) is 1. The second kappa shape index (κ2) is 7.08. The summed E-state index contributed by atoms with van der Waals surface area (Å²) in [4.78, 5) is 28.4. The lowest BCUT2D eigenvalue weighted by Gasteiger charge is -2.26. The molecule has 1 heterocycles. The van der Waals surface area contributed by atoms with E-state index in [2.05, 4.69) is 4.98 Å². The van der Waals surface area contributed by atoms with Crippen LogP contribution in [0.25, 0.3) is 10.8 Å². The van der Waals surface area contributed by atoms with E-state index >= 15 is 0 Å². The summed E-state index contributed by atoms with van der Waals surface area (Å²) in [6.45, 7) is 1.65. The third kappa shape index (κ3) is 3.42. The van der Waals surface area contributed by atoms with E-state index in [1.807, 2.05) is 0 Å². The number of aromatic amines is 1. The number of amides is 1. The zero-order valence-electron chi connectivity index (χ0n) is 14.3. The Bertz CT molecular complexity index is 1110. The SMILES string of the molecule is C[C@@H](c1c[nH]c(=O)c2cc(F)c(F)cc12)N(C)C(=O)c1ccc(Cl)c(F)c1. The van der Waals surface area contributed by atoms with Crippen molar-refractivity contribution in [3.05, 3.63) is 80.5 Å². The highest BCUT2D eigenvalue weighted by atomic mass is 35.5. The summed E-state index contributed by atoms with van der Waals surface area (Å²) in [6, 6.07) is 4.80. The molecule has 3 aromatic rings. The number of carbonyl (C=O) groups is 1. The summed E-state index contributed by atoms with van der Waals surface area (Å²) in [5.74, 6) is -3.47. The monoisotopic (exact) mass is 394 g/mol. The maximum atomic E-state index is 13.7. The van der Waals surface area contributed by atoms with E-state index in [1.165, 1.54) is 30.3 Å². The summed E-state index contributed by atoms with van der Waals surface area (Å²) in [7, 11) is 1.48. The lowest BCUT2D eigenvalue weighted by Crippen LogP contribution is -2.30. The van der Waals surface area contributed by atoms with Crippen molar-refractivity contribution in [2.24, 2.45) is 0 Å². The van der Waals surface area contributed by atoms with Crippen molar-refractivity contribution >= 4 is 28.3 Å². The van der Waals surface area contributed by atoms with E-state index in [0.717, 1.165) is 18.2 Å². The van der Waals surface area contributed by atoms with E-state index in [4.69, 9.17) is 11.6 Å². The number of hydrogen-bond donors (Lipinski definition) is 1. The molecule has 0 aliphatic heterocycles. The van der Waals surface area contributed by atoms with Crippen LogP contribution in [-0.4, -0.2) is 22.8 Å². The summed E-state index contributed by atoms with van der Waals surface area (Å²) in [5, 5.41) is 0.0510. The lowest BCUT2D eigenvalue weighted by molar-refractivity contribution is 0.0743. The molecule has 0 aliphatic carbocycles. The van der Waals surface area contributed by atoms with Crippen LogP contribution in [-0.2, 0) is 0 Å². The lowest BCUT2D eigenvalue weighted by atomic mass is 10.0. The quantitative estimate of drug-likeness (QED) is 0.714. The molecule has 1 atom stereocenters. The van der Waals surface area contributed by atoms with Gasteiger partial charge in [0.15, 0.2) is 11.6 Å². The molecule has 0 saturated carbocycles. The molecule has 2 aromatic carbocycles. The minimum Gasteiger partial charge on any atom is -0.335 e. The largest absolute Gasteiger partial charge is 0.335 e. The van der Waals surface area contributed by atoms with Gasteiger partial charge in [0.2, 0.25) is 0 Å². The van der Waals surface area contributed by atoms with Crippen molar-refractivity contribution in [2.45, 2.75) is 13.0 Å². The molecule has 1 N–H and O–H groups in total. The Balaban J connectivity index is 2.04. The average molecular weight is 395 g/mol. The van der Waals surface area contributed by atoms with E-state index in [0.29, 0.717) is 5.56 Å². The highest BCUT2D eigenvalue weighted by Gasteiger charge is 2.23. The van der Waals surface area contributed by atoms with E-state index in [-0.39, 0.29) is 21.4 Å². The van der Waals surface area contributed by atoms with E-state index in [1.54, 1.807) is 6.92 Å². The average Bonchev–Trinajstić information content (AvgIpc) is 2.64. The van der Waals surface area contributed by atoms with Crippen molar-refractivity contribution in [2.75, 3.05) is 7.05 Å². The molecule has 0 saturated heterocycles. The van der Waals surface area contributed by atoms with Crippen LogP contribution >= 0.6 is 11.6 Å². The first-order valence-electron chi connectivity index (χ1n) is 7.93. The maximum Gasteiger partial charge on any atom is 0.255 e.